The smallest absolute Gasteiger partial charge is 0.119 e. The summed E-state index contributed by atoms with van der Waals surface area (Å²) in [6.45, 7) is 3.10. The van der Waals surface area contributed by atoms with Crippen molar-refractivity contribution in [3.05, 3.63) is 54.1 Å². The Morgan fingerprint density at radius 3 is 2.52 bits per heavy atom. The summed E-state index contributed by atoms with van der Waals surface area (Å²) in [5.74, 6) is 1.11. The zero-order valence-electron chi connectivity index (χ0n) is 12.5. The van der Waals surface area contributed by atoms with E-state index < -0.39 is 0 Å². The molecule has 0 saturated heterocycles. The van der Waals surface area contributed by atoms with Gasteiger partial charge in [0.1, 0.15) is 11.5 Å². The molecule has 0 aromatic heterocycles. The Kier molecular flexibility index (Phi) is 5.06. The van der Waals surface area contributed by atoms with Crippen LogP contribution in [-0.2, 0) is 0 Å². The number of phenolic OH excluding ortho intramolecular Hbond substituents is 1. The van der Waals surface area contributed by atoms with E-state index in [1.165, 1.54) is 0 Å². The minimum atomic E-state index is 0.0509. The molecular weight excluding hydrogens is 264 g/mol. The van der Waals surface area contributed by atoms with Crippen molar-refractivity contribution in [3.63, 3.8) is 0 Å². The number of aromatic hydroxyl groups is 1. The van der Waals surface area contributed by atoms with Crippen molar-refractivity contribution in [3.8, 4) is 11.5 Å². The van der Waals surface area contributed by atoms with Crippen LogP contribution < -0.4 is 15.4 Å². The highest BCUT2D eigenvalue weighted by Gasteiger charge is 2.16. The number of ether oxygens (including phenoxy) is 1. The second-order valence-corrected chi connectivity index (χ2v) is 4.88. The molecule has 2 aromatic rings. The number of benzene rings is 2. The van der Waals surface area contributed by atoms with Crippen LogP contribution >= 0.6 is 0 Å². The number of anilines is 1. The van der Waals surface area contributed by atoms with Crippen LogP contribution in [0.2, 0.25) is 0 Å². The lowest BCUT2D eigenvalue weighted by Crippen LogP contribution is -2.30. The van der Waals surface area contributed by atoms with Crippen LogP contribution in [0.25, 0.3) is 0 Å². The molecular formula is C17H22N2O2. The second kappa shape index (κ2) is 6.99. The van der Waals surface area contributed by atoms with Gasteiger partial charge in [0.25, 0.3) is 0 Å². The summed E-state index contributed by atoms with van der Waals surface area (Å²) in [6, 6.07) is 15.2. The average Bonchev–Trinajstić information content (AvgIpc) is 2.49. The van der Waals surface area contributed by atoms with E-state index in [0.29, 0.717) is 13.2 Å². The van der Waals surface area contributed by atoms with Crippen LogP contribution in [0.5, 0.6) is 11.5 Å². The summed E-state index contributed by atoms with van der Waals surface area (Å²) in [7, 11) is 2.00. The second-order valence-electron chi connectivity index (χ2n) is 4.88. The fraction of sp³-hybridized carbons (Fsp3) is 0.294. The Labute approximate surface area is 125 Å². The molecule has 0 spiro atoms. The van der Waals surface area contributed by atoms with E-state index in [1.54, 1.807) is 12.1 Å². The van der Waals surface area contributed by atoms with Gasteiger partial charge >= 0.3 is 0 Å². The summed E-state index contributed by atoms with van der Waals surface area (Å²) in [6.07, 6.45) is 0. The van der Waals surface area contributed by atoms with Gasteiger partial charge in [-0.25, -0.2) is 0 Å². The van der Waals surface area contributed by atoms with E-state index in [0.717, 1.165) is 17.0 Å². The molecule has 1 unspecified atom stereocenters. The van der Waals surface area contributed by atoms with Gasteiger partial charge in [-0.1, -0.05) is 12.1 Å². The Bertz CT molecular complexity index is 569. The Balaban J connectivity index is 2.25. The molecule has 1 atom stereocenters. The normalized spacial score (nSPS) is 12.0. The Morgan fingerprint density at radius 1 is 1.19 bits per heavy atom. The summed E-state index contributed by atoms with van der Waals surface area (Å²) in [4.78, 5) is 2.10. The predicted octanol–water partition coefficient (Wildman–Crippen LogP) is 2.93. The lowest BCUT2D eigenvalue weighted by molar-refractivity contribution is 0.339. The zero-order chi connectivity index (χ0) is 15.2. The standard InChI is InChI=1S/C17H22N2O2/c1-3-21-16-6-4-5-13(11-16)17(12-18)19(2)14-7-9-15(20)10-8-14/h4-11,17,20H,3,12,18H2,1-2H3. The maximum Gasteiger partial charge on any atom is 0.119 e. The lowest BCUT2D eigenvalue weighted by atomic mass is 10.0. The third-order valence-corrected chi connectivity index (χ3v) is 3.50. The van der Waals surface area contributed by atoms with Gasteiger partial charge in [0.05, 0.1) is 12.6 Å². The number of hydrogen-bond acceptors (Lipinski definition) is 4. The molecule has 2 rings (SSSR count). The quantitative estimate of drug-likeness (QED) is 0.857. The monoisotopic (exact) mass is 286 g/mol. The predicted molar refractivity (Wildman–Crippen MR) is 85.9 cm³/mol. The molecule has 4 heteroatoms. The third kappa shape index (κ3) is 3.67. The molecule has 21 heavy (non-hydrogen) atoms. The van der Waals surface area contributed by atoms with Crippen molar-refractivity contribution in [2.45, 2.75) is 13.0 Å². The number of likely N-dealkylation sites (N-methyl/N-ethyl adjacent to an activating group) is 1. The van der Waals surface area contributed by atoms with Crippen molar-refractivity contribution in [2.75, 3.05) is 25.1 Å². The zero-order valence-corrected chi connectivity index (χ0v) is 12.5. The lowest BCUT2D eigenvalue weighted by Gasteiger charge is -2.29. The van der Waals surface area contributed by atoms with Crippen LogP contribution in [0.4, 0.5) is 5.69 Å². The van der Waals surface area contributed by atoms with Crippen LogP contribution in [0.3, 0.4) is 0 Å². The largest absolute Gasteiger partial charge is 0.508 e. The molecule has 0 saturated carbocycles. The van der Waals surface area contributed by atoms with E-state index in [2.05, 4.69) is 11.0 Å². The molecule has 4 nitrogen and oxygen atoms in total. The van der Waals surface area contributed by atoms with Crippen molar-refractivity contribution in [1.29, 1.82) is 0 Å². The molecule has 0 aliphatic heterocycles. The fourth-order valence-corrected chi connectivity index (χ4v) is 2.36. The first kappa shape index (κ1) is 15.2. The van der Waals surface area contributed by atoms with Crippen LogP contribution in [0.1, 0.15) is 18.5 Å². The SMILES string of the molecule is CCOc1cccc(C(CN)N(C)c2ccc(O)cc2)c1. The fourth-order valence-electron chi connectivity index (χ4n) is 2.36. The van der Waals surface area contributed by atoms with E-state index in [-0.39, 0.29) is 11.8 Å². The molecule has 112 valence electrons. The average molecular weight is 286 g/mol. The number of phenols is 1. The summed E-state index contributed by atoms with van der Waals surface area (Å²) in [5.41, 5.74) is 8.08. The molecule has 0 aliphatic rings. The van der Waals surface area contributed by atoms with Crippen LogP contribution in [0, 0.1) is 0 Å². The Morgan fingerprint density at radius 2 is 1.90 bits per heavy atom. The van der Waals surface area contributed by atoms with Crippen molar-refractivity contribution >= 4 is 5.69 Å². The van der Waals surface area contributed by atoms with Crippen LogP contribution in [-0.4, -0.2) is 25.3 Å². The molecule has 0 bridgehead atoms. The first-order valence-electron chi connectivity index (χ1n) is 7.10. The molecule has 0 amide bonds. The molecule has 0 aliphatic carbocycles. The van der Waals surface area contributed by atoms with E-state index in [1.807, 2.05) is 44.3 Å². The maximum absolute atomic E-state index is 9.39. The van der Waals surface area contributed by atoms with Gasteiger partial charge in [-0.05, 0) is 48.9 Å². The van der Waals surface area contributed by atoms with Crippen molar-refractivity contribution < 1.29 is 9.84 Å². The number of nitrogens with two attached hydrogens (primary N) is 1. The first-order chi connectivity index (χ1) is 10.2. The topological polar surface area (TPSA) is 58.7 Å². The minimum absolute atomic E-state index is 0.0509. The van der Waals surface area contributed by atoms with E-state index in [9.17, 15) is 5.11 Å². The van der Waals surface area contributed by atoms with Gasteiger partial charge < -0.3 is 20.5 Å². The maximum atomic E-state index is 9.39. The first-order valence-corrected chi connectivity index (χ1v) is 7.10. The van der Waals surface area contributed by atoms with Gasteiger partial charge in [-0.15, -0.1) is 0 Å². The van der Waals surface area contributed by atoms with Gasteiger partial charge in [-0.3, -0.25) is 0 Å². The van der Waals surface area contributed by atoms with Gasteiger partial charge in [-0.2, -0.15) is 0 Å². The molecule has 2 aromatic carbocycles. The highest BCUT2D eigenvalue weighted by Crippen LogP contribution is 2.28. The number of rotatable bonds is 6. The summed E-state index contributed by atoms with van der Waals surface area (Å²) in [5, 5.41) is 9.39. The molecule has 0 fully saturated rings. The van der Waals surface area contributed by atoms with Crippen LogP contribution in [0.15, 0.2) is 48.5 Å². The third-order valence-electron chi connectivity index (χ3n) is 3.50. The molecule has 0 radical (unpaired) electrons. The molecule has 0 heterocycles. The summed E-state index contributed by atoms with van der Waals surface area (Å²) < 4.78 is 5.55. The highest BCUT2D eigenvalue weighted by molar-refractivity contribution is 5.50. The highest BCUT2D eigenvalue weighted by atomic mass is 16.5. The van der Waals surface area contributed by atoms with Gasteiger partial charge in [0, 0.05) is 19.3 Å². The van der Waals surface area contributed by atoms with E-state index >= 15 is 0 Å². The van der Waals surface area contributed by atoms with Gasteiger partial charge in [0.2, 0.25) is 0 Å². The number of hydrogen-bond donors (Lipinski definition) is 2. The van der Waals surface area contributed by atoms with Crippen molar-refractivity contribution in [1.82, 2.24) is 0 Å². The van der Waals surface area contributed by atoms with Crippen molar-refractivity contribution in [2.24, 2.45) is 5.73 Å². The minimum Gasteiger partial charge on any atom is -0.508 e. The Hall–Kier alpha value is -2.20. The molecule has 3 N–H and O–H groups in total. The van der Waals surface area contributed by atoms with E-state index in [4.69, 9.17) is 10.5 Å². The van der Waals surface area contributed by atoms with Gasteiger partial charge in [0.15, 0.2) is 0 Å². The summed E-state index contributed by atoms with van der Waals surface area (Å²) >= 11 is 0. The number of nitrogens with zero attached hydrogens (tertiary/aromatic N) is 1.